The van der Waals surface area contributed by atoms with Gasteiger partial charge >= 0.3 is 0 Å². The van der Waals surface area contributed by atoms with Crippen LogP contribution in [0.15, 0.2) is 9.98 Å². The summed E-state index contributed by atoms with van der Waals surface area (Å²) in [5.41, 5.74) is 0.241. The number of hydrogen-bond donors (Lipinski definition) is 1. The lowest BCUT2D eigenvalue weighted by molar-refractivity contribution is 1.02. The van der Waals surface area contributed by atoms with Gasteiger partial charge in [0.2, 0.25) is 5.29 Å². The summed E-state index contributed by atoms with van der Waals surface area (Å²) in [5, 5.41) is 2.68. The fourth-order valence-electron chi connectivity index (χ4n) is 0.281. The zero-order chi connectivity index (χ0) is 5.98. The molecule has 8 heavy (non-hydrogen) atoms. The average Bonchev–Trinajstić information content (AvgIpc) is 1.64. The van der Waals surface area contributed by atoms with Crippen molar-refractivity contribution in [3.8, 4) is 0 Å². The van der Waals surface area contributed by atoms with E-state index in [4.69, 9.17) is 23.2 Å². The Morgan fingerprint density at radius 2 is 2.25 bits per heavy atom. The molecule has 1 aliphatic rings. The van der Waals surface area contributed by atoms with Gasteiger partial charge in [0, 0.05) is 0 Å². The highest BCUT2D eigenvalue weighted by Gasteiger charge is 2.04. The van der Waals surface area contributed by atoms with E-state index >= 15 is 0 Å². The summed E-state index contributed by atoms with van der Waals surface area (Å²) in [5.74, 6) is 0. The minimum absolute atomic E-state index is 0.147. The topological polar surface area (TPSA) is 36.8 Å². The van der Waals surface area contributed by atoms with Gasteiger partial charge in [-0.25, -0.2) is 9.98 Å². The summed E-state index contributed by atoms with van der Waals surface area (Å²) in [7, 11) is 0. The van der Waals surface area contributed by atoms with Gasteiger partial charge in [0.05, 0.1) is 6.34 Å². The molecule has 1 heterocycles. The number of amidine groups is 1. The molecule has 1 radical (unpaired) electrons. The van der Waals surface area contributed by atoms with E-state index in [0.29, 0.717) is 0 Å². The molecule has 43 valence electrons. The van der Waals surface area contributed by atoms with E-state index in [2.05, 4.69) is 15.3 Å². The van der Waals surface area contributed by atoms with Gasteiger partial charge in [-0.15, -0.1) is 0 Å². The largest absolute Gasteiger partial charge is 0.335 e. The second-order valence-electron chi connectivity index (χ2n) is 1.07. The number of rotatable bonds is 0. The van der Waals surface area contributed by atoms with Crippen LogP contribution in [0.1, 0.15) is 0 Å². The van der Waals surface area contributed by atoms with Crippen molar-refractivity contribution < 1.29 is 0 Å². The van der Waals surface area contributed by atoms with Crippen LogP contribution in [-0.4, -0.2) is 11.6 Å². The average molecular weight is 151 g/mol. The predicted molar refractivity (Wildman–Crippen MR) is 34.0 cm³/mol. The van der Waals surface area contributed by atoms with E-state index in [9.17, 15) is 0 Å². The van der Waals surface area contributed by atoms with E-state index in [-0.39, 0.29) is 10.9 Å². The summed E-state index contributed by atoms with van der Waals surface area (Å²) in [6, 6.07) is 0. The van der Waals surface area contributed by atoms with Gasteiger partial charge < -0.3 is 5.32 Å². The lowest BCUT2D eigenvalue weighted by Crippen LogP contribution is -2.17. The first-order chi connectivity index (χ1) is 3.79. The summed E-state index contributed by atoms with van der Waals surface area (Å²) in [6.45, 7) is 0. The van der Waals surface area contributed by atoms with Crippen molar-refractivity contribution >= 4 is 34.8 Å². The number of nitrogens with zero attached hydrogens (tertiary/aromatic N) is 2. The first kappa shape index (κ1) is 5.85. The molecule has 5 heteroatoms. The fraction of sp³-hybridized carbons (Fsp3) is 0. The molecule has 0 fully saturated rings. The Labute approximate surface area is 56.4 Å². The fourth-order valence-corrected chi connectivity index (χ4v) is 0.586. The van der Waals surface area contributed by atoms with Gasteiger partial charge in [0.1, 0.15) is 0 Å². The van der Waals surface area contributed by atoms with Gasteiger partial charge in [0.25, 0.3) is 5.62 Å². The van der Waals surface area contributed by atoms with E-state index in [1.165, 1.54) is 6.34 Å². The molecule has 0 aromatic rings. The van der Waals surface area contributed by atoms with Crippen LogP contribution < -0.4 is 5.32 Å². The maximum Gasteiger partial charge on any atom is 0.269 e. The lowest BCUT2D eigenvalue weighted by Gasteiger charge is -2.03. The van der Waals surface area contributed by atoms with Crippen LogP contribution in [0.2, 0.25) is 0 Å². The Hall–Kier alpha value is -0.280. The van der Waals surface area contributed by atoms with Crippen molar-refractivity contribution in [2.75, 3.05) is 0 Å². The van der Waals surface area contributed by atoms with Gasteiger partial charge in [0.15, 0.2) is 0 Å². The summed E-state index contributed by atoms with van der Waals surface area (Å²) in [6.07, 6.45) is 1.37. The van der Waals surface area contributed by atoms with E-state index in [0.717, 1.165) is 0 Å². The van der Waals surface area contributed by atoms with Gasteiger partial charge in [-0.3, -0.25) is 0 Å². The van der Waals surface area contributed by atoms with Crippen molar-refractivity contribution in [1.29, 1.82) is 0 Å². The van der Waals surface area contributed by atoms with Crippen LogP contribution in [0.5, 0.6) is 0 Å². The van der Waals surface area contributed by atoms with Crippen molar-refractivity contribution in [2.24, 2.45) is 9.98 Å². The van der Waals surface area contributed by atoms with Crippen molar-refractivity contribution in [3.63, 3.8) is 0 Å². The summed E-state index contributed by atoms with van der Waals surface area (Å²) in [4.78, 5) is 7.09. The van der Waals surface area contributed by atoms with Gasteiger partial charge in [-0.05, 0) is 11.6 Å². The van der Waals surface area contributed by atoms with Gasteiger partial charge in [-0.1, -0.05) is 11.6 Å². The number of nitrogens with one attached hydrogen (secondary N) is 1. The smallest absolute Gasteiger partial charge is 0.269 e. The first-order valence-electron chi connectivity index (χ1n) is 1.85. The molecule has 1 rings (SSSR count). The highest BCUT2D eigenvalue weighted by molar-refractivity contribution is 6.66. The molecule has 0 saturated carbocycles. The third kappa shape index (κ3) is 1.35. The minimum Gasteiger partial charge on any atom is -0.335 e. The Morgan fingerprint density at radius 1 is 1.50 bits per heavy atom. The van der Waals surface area contributed by atoms with Crippen LogP contribution in [0.25, 0.3) is 0 Å². The molecule has 0 aliphatic carbocycles. The normalized spacial score (nSPS) is 20.0. The molecule has 0 bridgehead atoms. The van der Waals surface area contributed by atoms with Gasteiger partial charge in [-0.2, -0.15) is 0 Å². The van der Waals surface area contributed by atoms with E-state index in [1.54, 1.807) is 0 Å². The summed E-state index contributed by atoms with van der Waals surface area (Å²) < 4.78 is 0. The quantitative estimate of drug-likeness (QED) is 0.513. The SMILES string of the molecule is Cl[C]1N=C(Cl)N=CN1. The van der Waals surface area contributed by atoms with E-state index < -0.39 is 0 Å². The highest BCUT2D eigenvalue weighted by atomic mass is 35.5. The van der Waals surface area contributed by atoms with Crippen LogP contribution in [0, 0.1) is 5.62 Å². The van der Waals surface area contributed by atoms with Crippen molar-refractivity contribution in [3.05, 3.63) is 5.62 Å². The number of halogens is 2. The van der Waals surface area contributed by atoms with Crippen molar-refractivity contribution in [2.45, 2.75) is 0 Å². The molecule has 1 N–H and O–H groups in total. The summed E-state index contributed by atoms with van der Waals surface area (Å²) >= 11 is 10.7. The Kier molecular flexibility index (Phi) is 1.70. The molecular weight excluding hydrogens is 149 g/mol. The second-order valence-corrected chi connectivity index (χ2v) is 1.77. The lowest BCUT2D eigenvalue weighted by atomic mass is 10.9. The van der Waals surface area contributed by atoms with Crippen LogP contribution >= 0.6 is 23.2 Å². The highest BCUT2D eigenvalue weighted by Crippen LogP contribution is 2.07. The molecule has 0 saturated heterocycles. The Bertz CT molecular complexity index is 141. The molecular formula is C3H2Cl2N3. The maximum atomic E-state index is 5.35. The molecule has 0 atom stereocenters. The first-order valence-corrected chi connectivity index (χ1v) is 2.60. The molecule has 0 aromatic heterocycles. The molecule has 3 nitrogen and oxygen atoms in total. The molecule has 0 aromatic carbocycles. The zero-order valence-corrected chi connectivity index (χ0v) is 5.24. The Balaban J connectivity index is 2.63. The van der Waals surface area contributed by atoms with Crippen LogP contribution in [0.3, 0.4) is 0 Å². The third-order valence-electron chi connectivity index (χ3n) is 0.545. The maximum absolute atomic E-state index is 5.35. The Morgan fingerprint density at radius 3 is 2.62 bits per heavy atom. The third-order valence-corrected chi connectivity index (χ3v) is 0.921. The van der Waals surface area contributed by atoms with Crippen molar-refractivity contribution in [1.82, 2.24) is 5.32 Å². The van der Waals surface area contributed by atoms with Crippen LogP contribution in [0.4, 0.5) is 0 Å². The second kappa shape index (κ2) is 2.33. The standard InChI is InChI=1S/C3H2Cl2N3/c4-2-6-1-7-3(5)8-2/h1H,(H,6,7,8). The predicted octanol–water partition coefficient (Wildman–Crippen LogP) is 0.898. The van der Waals surface area contributed by atoms with E-state index in [1.807, 2.05) is 0 Å². The molecule has 1 aliphatic heterocycles. The zero-order valence-electron chi connectivity index (χ0n) is 3.73. The molecule has 0 spiro atoms. The minimum atomic E-state index is 0.147. The number of aliphatic imine (C=N–C) groups is 2. The number of hydrogen-bond acceptors (Lipinski definition) is 3. The van der Waals surface area contributed by atoms with Crippen LogP contribution in [-0.2, 0) is 0 Å². The molecule has 0 amide bonds. The monoisotopic (exact) mass is 150 g/mol. The molecule has 0 unspecified atom stereocenters.